The number of aromatic nitrogens is 3. The maximum atomic E-state index is 12.3. The zero-order valence-electron chi connectivity index (χ0n) is 16.3. The van der Waals surface area contributed by atoms with Crippen molar-refractivity contribution in [2.24, 2.45) is 0 Å². The fourth-order valence-electron chi connectivity index (χ4n) is 3.19. The molecule has 2 aromatic carbocycles. The highest BCUT2D eigenvalue weighted by Gasteiger charge is 2.17. The summed E-state index contributed by atoms with van der Waals surface area (Å²) in [6, 6.07) is 14.7. The van der Waals surface area contributed by atoms with E-state index < -0.39 is 0 Å². The van der Waals surface area contributed by atoms with E-state index in [1.54, 1.807) is 43.8 Å². The first-order valence-electron chi connectivity index (χ1n) is 9.40. The number of imidazole rings is 1. The topological polar surface area (TPSA) is 80.6 Å². The van der Waals surface area contributed by atoms with Crippen LogP contribution in [0.25, 0.3) is 16.9 Å². The van der Waals surface area contributed by atoms with E-state index in [9.17, 15) is 4.79 Å². The maximum Gasteiger partial charge on any atom is 0.226 e. The quantitative estimate of drug-likeness (QED) is 0.459. The second kappa shape index (κ2) is 8.84. The molecule has 0 aliphatic rings. The molecule has 8 heteroatoms. The number of benzene rings is 2. The second-order valence-electron chi connectivity index (χ2n) is 6.55. The van der Waals surface area contributed by atoms with Crippen LogP contribution < -0.4 is 15.4 Å². The summed E-state index contributed by atoms with van der Waals surface area (Å²) in [5, 5.41) is 6.77. The van der Waals surface area contributed by atoms with Gasteiger partial charge in [0, 0.05) is 41.6 Å². The molecule has 0 aliphatic carbocycles. The minimum atomic E-state index is -0.112. The molecule has 0 bridgehead atoms. The molecule has 1 amide bonds. The summed E-state index contributed by atoms with van der Waals surface area (Å²) in [4.78, 5) is 21.2. The molecule has 0 unspecified atom stereocenters. The number of hydrogen-bond donors (Lipinski definition) is 2. The summed E-state index contributed by atoms with van der Waals surface area (Å²) in [5.41, 5.74) is 2.96. The molecule has 0 radical (unpaired) electrons. The number of nitrogens with one attached hydrogen (secondary N) is 2. The van der Waals surface area contributed by atoms with Crippen molar-refractivity contribution >= 4 is 34.7 Å². The molecular weight excluding hydrogens is 402 g/mol. The van der Waals surface area contributed by atoms with Crippen LogP contribution in [0, 0.1) is 0 Å². The third kappa shape index (κ3) is 4.21. The van der Waals surface area contributed by atoms with Crippen LogP contribution in [0.1, 0.15) is 6.42 Å². The number of rotatable bonds is 7. The van der Waals surface area contributed by atoms with Gasteiger partial charge in [0.2, 0.25) is 5.91 Å². The van der Waals surface area contributed by atoms with E-state index >= 15 is 0 Å². The van der Waals surface area contributed by atoms with Gasteiger partial charge in [0.05, 0.1) is 13.3 Å². The van der Waals surface area contributed by atoms with Gasteiger partial charge in [-0.25, -0.2) is 4.98 Å². The molecule has 7 nitrogen and oxygen atoms in total. The number of fused-ring (bicyclic) bond motifs is 1. The lowest BCUT2D eigenvalue weighted by atomic mass is 10.1. The Bertz CT molecular complexity index is 1190. The number of nitrogens with zero attached hydrogens (tertiary/aromatic N) is 3. The standard InChI is InChI=1S/C22H20ClN5O2/c1-30-18-8-3-2-7-17(18)21-22(28-12-11-24-14-19(28)27-21)25-10-9-20(29)26-16-6-4-5-15(23)13-16/h2-8,11-14,25H,9-10H2,1H3,(H,26,29). The Morgan fingerprint density at radius 3 is 2.90 bits per heavy atom. The first-order valence-corrected chi connectivity index (χ1v) is 9.78. The third-order valence-electron chi connectivity index (χ3n) is 4.55. The first kappa shape index (κ1) is 19.7. The highest BCUT2D eigenvalue weighted by molar-refractivity contribution is 6.30. The van der Waals surface area contributed by atoms with Crippen LogP contribution in [-0.4, -0.2) is 33.9 Å². The van der Waals surface area contributed by atoms with Crippen LogP contribution in [0.4, 0.5) is 11.5 Å². The minimum absolute atomic E-state index is 0.112. The van der Waals surface area contributed by atoms with E-state index in [4.69, 9.17) is 21.3 Å². The molecule has 4 rings (SSSR count). The SMILES string of the molecule is COc1ccccc1-c1nc2cnccn2c1NCCC(=O)Nc1cccc(Cl)c1. The molecular formula is C22H20ClN5O2. The minimum Gasteiger partial charge on any atom is -0.496 e. The van der Waals surface area contributed by atoms with Gasteiger partial charge < -0.3 is 15.4 Å². The Morgan fingerprint density at radius 2 is 2.07 bits per heavy atom. The van der Waals surface area contributed by atoms with Crippen molar-refractivity contribution in [3.05, 3.63) is 72.1 Å². The van der Waals surface area contributed by atoms with E-state index in [2.05, 4.69) is 15.6 Å². The number of hydrogen-bond acceptors (Lipinski definition) is 5. The lowest BCUT2D eigenvalue weighted by Crippen LogP contribution is -2.17. The van der Waals surface area contributed by atoms with Crippen molar-refractivity contribution in [3.8, 4) is 17.0 Å². The molecule has 2 aromatic heterocycles. The average Bonchev–Trinajstić information content (AvgIpc) is 3.12. The molecule has 2 heterocycles. The first-order chi connectivity index (χ1) is 14.7. The summed E-state index contributed by atoms with van der Waals surface area (Å²) in [7, 11) is 1.63. The van der Waals surface area contributed by atoms with Gasteiger partial charge in [-0.2, -0.15) is 0 Å². The Labute approximate surface area is 178 Å². The van der Waals surface area contributed by atoms with E-state index in [1.807, 2.05) is 34.9 Å². The van der Waals surface area contributed by atoms with Gasteiger partial charge in [0.15, 0.2) is 5.65 Å². The fourth-order valence-corrected chi connectivity index (χ4v) is 3.38. The molecule has 2 N–H and O–H groups in total. The molecule has 152 valence electrons. The van der Waals surface area contributed by atoms with Crippen LogP contribution in [0.3, 0.4) is 0 Å². The number of carbonyl (C=O) groups is 1. The van der Waals surface area contributed by atoms with E-state index in [-0.39, 0.29) is 12.3 Å². The Kier molecular flexibility index (Phi) is 5.81. The van der Waals surface area contributed by atoms with Crippen molar-refractivity contribution < 1.29 is 9.53 Å². The smallest absolute Gasteiger partial charge is 0.226 e. The third-order valence-corrected chi connectivity index (χ3v) is 4.78. The number of para-hydroxylation sites is 1. The largest absolute Gasteiger partial charge is 0.496 e. The lowest BCUT2D eigenvalue weighted by molar-refractivity contribution is -0.115. The molecule has 0 spiro atoms. The fraction of sp³-hybridized carbons (Fsp3) is 0.136. The van der Waals surface area contributed by atoms with Crippen LogP contribution in [0.2, 0.25) is 5.02 Å². The highest BCUT2D eigenvalue weighted by atomic mass is 35.5. The predicted molar refractivity (Wildman–Crippen MR) is 118 cm³/mol. The molecule has 0 fully saturated rings. The van der Waals surface area contributed by atoms with Crippen molar-refractivity contribution in [1.82, 2.24) is 14.4 Å². The zero-order valence-corrected chi connectivity index (χ0v) is 17.1. The lowest BCUT2D eigenvalue weighted by Gasteiger charge is -2.11. The number of carbonyl (C=O) groups excluding carboxylic acids is 1. The molecule has 0 atom stereocenters. The Morgan fingerprint density at radius 1 is 1.20 bits per heavy atom. The van der Waals surface area contributed by atoms with Crippen LogP contribution in [0.15, 0.2) is 67.1 Å². The maximum absolute atomic E-state index is 12.3. The van der Waals surface area contributed by atoms with Gasteiger partial charge in [-0.1, -0.05) is 29.8 Å². The summed E-state index contributed by atoms with van der Waals surface area (Å²) < 4.78 is 7.41. The van der Waals surface area contributed by atoms with E-state index in [0.717, 1.165) is 22.8 Å². The van der Waals surface area contributed by atoms with Crippen molar-refractivity contribution in [2.45, 2.75) is 6.42 Å². The predicted octanol–water partition coefficient (Wildman–Crippen LogP) is 4.50. The molecule has 0 saturated heterocycles. The van der Waals surface area contributed by atoms with Crippen LogP contribution >= 0.6 is 11.6 Å². The van der Waals surface area contributed by atoms with Crippen molar-refractivity contribution in [1.29, 1.82) is 0 Å². The Balaban J connectivity index is 1.54. The monoisotopic (exact) mass is 421 g/mol. The number of anilines is 2. The Hall–Kier alpha value is -3.58. The second-order valence-corrected chi connectivity index (χ2v) is 6.99. The zero-order chi connectivity index (χ0) is 20.9. The normalized spacial score (nSPS) is 10.7. The van der Waals surface area contributed by atoms with E-state index in [0.29, 0.717) is 22.9 Å². The average molecular weight is 422 g/mol. The van der Waals surface area contributed by atoms with Crippen molar-refractivity contribution in [2.75, 3.05) is 24.3 Å². The van der Waals surface area contributed by atoms with Crippen LogP contribution in [-0.2, 0) is 4.79 Å². The molecule has 0 saturated carbocycles. The van der Waals surface area contributed by atoms with Crippen LogP contribution in [0.5, 0.6) is 5.75 Å². The number of amides is 1. The van der Waals surface area contributed by atoms with E-state index in [1.165, 1.54) is 0 Å². The molecule has 0 aliphatic heterocycles. The number of methoxy groups -OCH3 is 1. The number of halogens is 1. The van der Waals surface area contributed by atoms with Crippen molar-refractivity contribution in [3.63, 3.8) is 0 Å². The van der Waals surface area contributed by atoms with Gasteiger partial charge >= 0.3 is 0 Å². The molecule has 30 heavy (non-hydrogen) atoms. The summed E-state index contributed by atoms with van der Waals surface area (Å²) in [6.45, 7) is 0.421. The van der Waals surface area contributed by atoms with Gasteiger partial charge in [0.1, 0.15) is 17.3 Å². The van der Waals surface area contributed by atoms with Gasteiger partial charge in [0.25, 0.3) is 0 Å². The molecule has 4 aromatic rings. The van der Waals surface area contributed by atoms with Gasteiger partial charge in [-0.15, -0.1) is 0 Å². The highest BCUT2D eigenvalue weighted by Crippen LogP contribution is 2.34. The summed E-state index contributed by atoms with van der Waals surface area (Å²) in [5.74, 6) is 1.38. The summed E-state index contributed by atoms with van der Waals surface area (Å²) in [6.07, 6.45) is 5.49. The summed E-state index contributed by atoms with van der Waals surface area (Å²) >= 11 is 5.97. The van der Waals surface area contributed by atoms with Gasteiger partial charge in [-0.05, 0) is 30.3 Å². The van der Waals surface area contributed by atoms with Gasteiger partial charge in [-0.3, -0.25) is 14.2 Å². The number of ether oxygens (including phenoxy) is 1.